The minimum atomic E-state index is -0.411. The monoisotopic (exact) mass is 407 g/mol. The van der Waals surface area contributed by atoms with Gasteiger partial charge in [0.2, 0.25) is 5.91 Å². The van der Waals surface area contributed by atoms with Crippen molar-refractivity contribution in [1.82, 2.24) is 20.3 Å². The third-order valence-electron chi connectivity index (χ3n) is 4.54. The highest BCUT2D eigenvalue weighted by molar-refractivity contribution is 6.04. The number of nitrogens with one attached hydrogen (secondary N) is 2. The molecule has 2 N–H and O–H groups in total. The Morgan fingerprint density at radius 3 is 2.53 bits per heavy atom. The molecule has 2 amide bonds. The topological polar surface area (TPSA) is 98.1 Å². The van der Waals surface area contributed by atoms with Crippen molar-refractivity contribution in [2.45, 2.75) is 33.9 Å². The molecule has 0 aliphatic heterocycles. The van der Waals surface area contributed by atoms with E-state index in [9.17, 15) is 9.59 Å². The van der Waals surface area contributed by atoms with Gasteiger partial charge in [-0.25, -0.2) is 4.68 Å². The Morgan fingerprint density at radius 2 is 1.80 bits per heavy atom. The molecule has 8 nitrogen and oxygen atoms in total. The predicted molar refractivity (Wildman–Crippen MR) is 113 cm³/mol. The van der Waals surface area contributed by atoms with E-state index in [4.69, 9.17) is 4.74 Å². The van der Waals surface area contributed by atoms with Crippen LogP contribution in [0.1, 0.15) is 34.2 Å². The maximum atomic E-state index is 12.6. The van der Waals surface area contributed by atoms with Gasteiger partial charge >= 0.3 is 0 Å². The van der Waals surface area contributed by atoms with Gasteiger partial charge in [-0.2, -0.15) is 0 Å². The molecule has 0 spiro atoms. The van der Waals surface area contributed by atoms with Gasteiger partial charge in [-0.15, -0.1) is 5.10 Å². The van der Waals surface area contributed by atoms with Crippen LogP contribution in [0.4, 0.5) is 5.69 Å². The van der Waals surface area contributed by atoms with Gasteiger partial charge < -0.3 is 15.4 Å². The number of benzene rings is 2. The number of amides is 2. The van der Waals surface area contributed by atoms with E-state index < -0.39 is 5.91 Å². The Kier molecular flexibility index (Phi) is 6.79. The highest BCUT2D eigenvalue weighted by atomic mass is 16.5. The van der Waals surface area contributed by atoms with Gasteiger partial charge in [-0.1, -0.05) is 47.2 Å². The van der Waals surface area contributed by atoms with Crippen molar-refractivity contribution < 1.29 is 14.3 Å². The first-order chi connectivity index (χ1) is 14.5. The normalized spacial score (nSPS) is 10.5. The van der Waals surface area contributed by atoms with Crippen LogP contribution in [0.2, 0.25) is 0 Å². The molecule has 0 saturated heterocycles. The van der Waals surface area contributed by atoms with Crippen molar-refractivity contribution in [2.24, 2.45) is 0 Å². The molecule has 0 bridgehead atoms. The molecular formula is C22H25N5O3. The SMILES string of the molecule is CCOc1ccccc1NC(=O)c1nnn(CC(=O)NCc2ccc(C)cc2)c1C. The summed E-state index contributed by atoms with van der Waals surface area (Å²) >= 11 is 0. The Hall–Kier alpha value is -3.68. The van der Waals surface area contributed by atoms with E-state index in [1.807, 2.05) is 44.2 Å². The number of carbonyl (C=O) groups is 2. The number of anilines is 1. The first-order valence-corrected chi connectivity index (χ1v) is 9.73. The average Bonchev–Trinajstić information content (AvgIpc) is 3.09. The third-order valence-corrected chi connectivity index (χ3v) is 4.54. The number of aryl methyl sites for hydroxylation is 1. The third kappa shape index (κ3) is 5.22. The van der Waals surface area contributed by atoms with E-state index in [1.54, 1.807) is 25.1 Å². The zero-order chi connectivity index (χ0) is 21.5. The molecule has 1 heterocycles. The van der Waals surface area contributed by atoms with Crippen LogP contribution in [-0.4, -0.2) is 33.4 Å². The molecule has 0 aliphatic rings. The summed E-state index contributed by atoms with van der Waals surface area (Å²) < 4.78 is 6.93. The largest absolute Gasteiger partial charge is 0.492 e. The quantitative estimate of drug-likeness (QED) is 0.598. The second-order valence-corrected chi connectivity index (χ2v) is 6.83. The molecule has 3 aromatic rings. The maximum absolute atomic E-state index is 12.6. The summed E-state index contributed by atoms with van der Waals surface area (Å²) in [4.78, 5) is 24.9. The molecule has 1 aromatic heterocycles. The van der Waals surface area contributed by atoms with Gasteiger partial charge in [-0.3, -0.25) is 9.59 Å². The van der Waals surface area contributed by atoms with Gasteiger partial charge in [0, 0.05) is 6.54 Å². The Morgan fingerprint density at radius 1 is 1.07 bits per heavy atom. The summed E-state index contributed by atoms with van der Waals surface area (Å²) in [5, 5.41) is 13.5. The summed E-state index contributed by atoms with van der Waals surface area (Å²) in [6.07, 6.45) is 0. The predicted octanol–water partition coefficient (Wildman–Crippen LogP) is 2.86. The summed E-state index contributed by atoms with van der Waals surface area (Å²) in [6.45, 7) is 6.48. The van der Waals surface area contributed by atoms with E-state index >= 15 is 0 Å². The number of aromatic nitrogens is 3. The molecule has 0 unspecified atom stereocenters. The number of para-hydroxylation sites is 2. The van der Waals surface area contributed by atoms with Crippen LogP contribution in [0.5, 0.6) is 5.75 Å². The van der Waals surface area contributed by atoms with E-state index in [1.165, 1.54) is 4.68 Å². The molecule has 0 atom stereocenters. The van der Waals surface area contributed by atoms with E-state index in [0.29, 0.717) is 30.3 Å². The second-order valence-electron chi connectivity index (χ2n) is 6.83. The summed E-state index contributed by atoms with van der Waals surface area (Å²) in [5.74, 6) is -0.0444. The van der Waals surface area contributed by atoms with E-state index in [2.05, 4.69) is 20.9 Å². The van der Waals surface area contributed by atoms with Crippen molar-refractivity contribution in [1.29, 1.82) is 0 Å². The average molecular weight is 407 g/mol. The number of hydrogen-bond donors (Lipinski definition) is 2. The number of rotatable bonds is 8. The number of carbonyl (C=O) groups excluding carboxylic acids is 2. The van der Waals surface area contributed by atoms with Gasteiger partial charge in [0.25, 0.3) is 5.91 Å². The zero-order valence-corrected chi connectivity index (χ0v) is 17.3. The molecule has 0 saturated carbocycles. The summed E-state index contributed by atoms with van der Waals surface area (Å²) in [7, 11) is 0. The van der Waals surface area contributed by atoms with Crippen molar-refractivity contribution in [3.05, 3.63) is 71.0 Å². The molecule has 0 fully saturated rings. The molecule has 3 rings (SSSR count). The minimum absolute atomic E-state index is 0.0203. The lowest BCUT2D eigenvalue weighted by Gasteiger charge is -2.10. The zero-order valence-electron chi connectivity index (χ0n) is 17.3. The van der Waals surface area contributed by atoms with Crippen molar-refractivity contribution >= 4 is 17.5 Å². The molecule has 0 radical (unpaired) electrons. The maximum Gasteiger partial charge on any atom is 0.278 e. The fraction of sp³-hybridized carbons (Fsp3) is 0.273. The smallest absolute Gasteiger partial charge is 0.278 e. The van der Waals surface area contributed by atoms with Crippen molar-refractivity contribution in [2.75, 3.05) is 11.9 Å². The van der Waals surface area contributed by atoms with Crippen LogP contribution in [0.3, 0.4) is 0 Å². The van der Waals surface area contributed by atoms with Crippen LogP contribution in [0.15, 0.2) is 48.5 Å². The van der Waals surface area contributed by atoms with E-state index in [0.717, 1.165) is 11.1 Å². The second kappa shape index (κ2) is 9.69. The lowest BCUT2D eigenvalue weighted by atomic mass is 10.1. The van der Waals surface area contributed by atoms with Gasteiger partial charge in [0.1, 0.15) is 12.3 Å². The Bertz CT molecular complexity index is 1030. The standard InChI is InChI=1S/C22H25N5O3/c1-4-30-19-8-6-5-7-18(19)24-22(29)21-16(3)27(26-25-21)14-20(28)23-13-17-11-9-15(2)10-12-17/h5-12H,4,13-14H2,1-3H3,(H,23,28)(H,24,29). The molecule has 0 aliphatic carbocycles. The Balaban J connectivity index is 1.61. The highest BCUT2D eigenvalue weighted by Crippen LogP contribution is 2.24. The minimum Gasteiger partial charge on any atom is -0.492 e. The Labute approximate surface area is 175 Å². The van der Waals surface area contributed by atoms with E-state index in [-0.39, 0.29) is 18.1 Å². The molecular weight excluding hydrogens is 382 g/mol. The van der Waals surface area contributed by atoms with Gasteiger partial charge in [0.15, 0.2) is 5.69 Å². The fourth-order valence-electron chi connectivity index (χ4n) is 2.85. The molecule has 8 heteroatoms. The van der Waals surface area contributed by atoms with Gasteiger partial charge in [0.05, 0.1) is 18.0 Å². The fourth-order valence-corrected chi connectivity index (χ4v) is 2.85. The first kappa shape index (κ1) is 21.0. The highest BCUT2D eigenvalue weighted by Gasteiger charge is 2.19. The van der Waals surface area contributed by atoms with Crippen LogP contribution in [0, 0.1) is 13.8 Å². The van der Waals surface area contributed by atoms with Crippen LogP contribution in [0.25, 0.3) is 0 Å². The van der Waals surface area contributed by atoms with Crippen LogP contribution < -0.4 is 15.4 Å². The number of ether oxygens (including phenoxy) is 1. The number of hydrogen-bond acceptors (Lipinski definition) is 5. The lowest BCUT2D eigenvalue weighted by Crippen LogP contribution is -2.28. The van der Waals surface area contributed by atoms with Crippen molar-refractivity contribution in [3.63, 3.8) is 0 Å². The van der Waals surface area contributed by atoms with Crippen molar-refractivity contribution in [3.8, 4) is 5.75 Å². The van der Waals surface area contributed by atoms with Gasteiger partial charge in [-0.05, 0) is 38.5 Å². The lowest BCUT2D eigenvalue weighted by molar-refractivity contribution is -0.122. The summed E-state index contributed by atoms with van der Waals surface area (Å²) in [6, 6.07) is 15.1. The van der Waals surface area contributed by atoms with Crippen LogP contribution >= 0.6 is 0 Å². The molecule has 30 heavy (non-hydrogen) atoms. The van der Waals surface area contributed by atoms with Crippen LogP contribution in [-0.2, 0) is 17.9 Å². The summed E-state index contributed by atoms with van der Waals surface area (Å²) in [5.41, 5.74) is 3.39. The number of nitrogens with zero attached hydrogens (tertiary/aromatic N) is 3. The molecule has 156 valence electrons. The first-order valence-electron chi connectivity index (χ1n) is 9.73. The molecule has 2 aromatic carbocycles.